The maximum atomic E-state index is 9.89. The van der Waals surface area contributed by atoms with Gasteiger partial charge in [0.05, 0.1) is 12.1 Å². The summed E-state index contributed by atoms with van der Waals surface area (Å²) < 4.78 is 0. The molecule has 1 saturated carbocycles. The van der Waals surface area contributed by atoms with E-state index in [2.05, 4.69) is 34.5 Å². The number of hydrogen-bond donors (Lipinski definition) is 2. The number of nitrogens with one attached hydrogen (secondary N) is 1. The number of aryl methyl sites for hydroxylation is 1. The van der Waals surface area contributed by atoms with Crippen molar-refractivity contribution >= 4 is 0 Å². The van der Waals surface area contributed by atoms with Gasteiger partial charge in [0.2, 0.25) is 0 Å². The minimum absolute atomic E-state index is 0.0979. The lowest BCUT2D eigenvalue weighted by molar-refractivity contribution is 0.0939. The first-order chi connectivity index (χ1) is 9.77. The van der Waals surface area contributed by atoms with Crippen molar-refractivity contribution < 1.29 is 5.11 Å². The van der Waals surface area contributed by atoms with E-state index in [0.717, 1.165) is 19.6 Å². The maximum absolute atomic E-state index is 9.89. The third-order valence-electron chi connectivity index (χ3n) is 5.08. The first-order valence-corrected chi connectivity index (χ1v) is 7.86. The maximum Gasteiger partial charge on any atom is 0.0628 e. The zero-order valence-electron chi connectivity index (χ0n) is 12.4. The van der Waals surface area contributed by atoms with Crippen LogP contribution in [0.4, 0.5) is 0 Å². The Labute approximate surface area is 122 Å². The highest BCUT2D eigenvalue weighted by Gasteiger charge is 2.44. The second-order valence-corrected chi connectivity index (χ2v) is 6.42. The van der Waals surface area contributed by atoms with Crippen LogP contribution in [0.5, 0.6) is 0 Å². The average molecular weight is 274 g/mol. The minimum atomic E-state index is -0.0979. The van der Waals surface area contributed by atoms with E-state index < -0.39 is 0 Å². The van der Waals surface area contributed by atoms with Crippen molar-refractivity contribution in [1.82, 2.24) is 10.2 Å². The van der Waals surface area contributed by atoms with Crippen LogP contribution in [0.1, 0.15) is 30.4 Å². The van der Waals surface area contributed by atoms with E-state index in [1.54, 1.807) is 0 Å². The van der Waals surface area contributed by atoms with Gasteiger partial charge in [-0.15, -0.1) is 0 Å². The molecule has 3 rings (SSSR count). The lowest BCUT2D eigenvalue weighted by Crippen LogP contribution is -2.56. The van der Waals surface area contributed by atoms with Crippen LogP contribution in [0, 0.1) is 5.92 Å². The summed E-state index contributed by atoms with van der Waals surface area (Å²) in [4.78, 5) is 2.52. The first kappa shape index (κ1) is 14.1. The molecule has 3 heteroatoms. The van der Waals surface area contributed by atoms with E-state index in [-0.39, 0.29) is 12.1 Å². The normalized spacial score (nSPS) is 22.9. The SMILES string of the molecule is CNC(CO)(CN1CCCc2ccccc2C1)C1CC1. The van der Waals surface area contributed by atoms with Gasteiger partial charge < -0.3 is 10.4 Å². The average Bonchev–Trinajstić information content (AvgIpc) is 3.31. The summed E-state index contributed by atoms with van der Waals surface area (Å²) in [7, 11) is 2.00. The van der Waals surface area contributed by atoms with Crippen LogP contribution >= 0.6 is 0 Å². The molecule has 0 amide bonds. The van der Waals surface area contributed by atoms with Gasteiger partial charge in [-0.25, -0.2) is 0 Å². The van der Waals surface area contributed by atoms with E-state index in [0.29, 0.717) is 5.92 Å². The summed E-state index contributed by atoms with van der Waals surface area (Å²) in [6.45, 7) is 3.35. The van der Waals surface area contributed by atoms with Crippen LogP contribution in [-0.2, 0) is 13.0 Å². The Balaban J connectivity index is 1.74. The fourth-order valence-corrected chi connectivity index (χ4v) is 3.61. The van der Waals surface area contributed by atoms with Crippen molar-refractivity contribution in [2.45, 2.75) is 37.8 Å². The van der Waals surface area contributed by atoms with Crippen LogP contribution in [0.15, 0.2) is 24.3 Å². The highest BCUT2D eigenvalue weighted by atomic mass is 16.3. The Morgan fingerprint density at radius 3 is 2.70 bits per heavy atom. The standard InChI is InChI=1S/C17H26N2O/c1-18-17(13-20,16-8-9-16)12-19-10-4-7-14-5-2-3-6-15(14)11-19/h2-3,5-6,16,18,20H,4,7-13H2,1H3. The van der Waals surface area contributed by atoms with Crippen molar-refractivity contribution in [2.24, 2.45) is 5.92 Å². The Bertz CT molecular complexity index is 452. The molecule has 20 heavy (non-hydrogen) atoms. The number of fused-ring (bicyclic) bond motifs is 1. The summed E-state index contributed by atoms with van der Waals surface area (Å²) in [5, 5.41) is 13.3. The monoisotopic (exact) mass is 274 g/mol. The molecule has 0 saturated heterocycles. The number of nitrogens with zero attached hydrogens (tertiary/aromatic N) is 1. The zero-order chi connectivity index (χ0) is 14.0. The molecule has 0 radical (unpaired) electrons. The lowest BCUT2D eigenvalue weighted by Gasteiger charge is -2.37. The third-order valence-corrected chi connectivity index (χ3v) is 5.08. The number of aliphatic hydroxyl groups excluding tert-OH is 1. The van der Waals surface area contributed by atoms with Crippen LogP contribution in [-0.4, -0.2) is 42.3 Å². The Morgan fingerprint density at radius 1 is 1.30 bits per heavy atom. The molecule has 110 valence electrons. The first-order valence-electron chi connectivity index (χ1n) is 7.86. The van der Waals surface area contributed by atoms with E-state index >= 15 is 0 Å². The van der Waals surface area contributed by atoms with E-state index in [4.69, 9.17) is 0 Å². The molecular weight excluding hydrogens is 248 g/mol. The molecule has 3 nitrogen and oxygen atoms in total. The molecule has 1 aromatic carbocycles. The molecule has 1 heterocycles. The van der Waals surface area contributed by atoms with Crippen LogP contribution < -0.4 is 5.32 Å². The topological polar surface area (TPSA) is 35.5 Å². The molecule has 0 bridgehead atoms. The number of likely N-dealkylation sites (N-methyl/N-ethyl adjacent to an activating group) is 1. The molecule has 0 spiro atoms. The Morgan fingerprint density at radius 2 is 2.05 bits per heavy atom. The summed E-state index contributed by atoms with van der Waals surface area (Å²) in [6.07, 6.45) is 4.91. The molecule has 1 aromatic rings. The Kier molecular flexibility index (Phi) is 4.11. The Hall–Kier alpha value is -0.900. The number of benzene rings is 1. The predicted molar refractivity (Wildman–Crippen MR) is 81.6 cm³/mol. The molecule has 1 atom stereocenters. The summed E-state index contributed by atoms with van der Waals surface area (Å²) in [6, 6.07) is 8.80. The van der Waals surface area contributed by atoms with Gasteiger partial charge in [-0.2, -0.15) is 0 Å². The number of rotatable bonds is 5. The van der Waals surface area contributed by atoms with Crippen molar-refractivity contribution in [3.05, 3.63) is 35.4 Å². The molecule has 1 fully saturated rings. The third kappa shape index (κ3) is 2.76. The molecule has 1 aliphatic heterocycles. The second-order valence-electron chi connectivity index (χ2n) is 6.42. The van der Waals surface area contributed by atoms with Gasteiger partial charge in [0.1, 0.15) is 0 Å². The molecule has 1 unspecified atom stereocenters. The largest absolute Gasteiger partial charge is 0.394 e. The summed E-state index contributed by atoms with van der Waals surface area (Å²) in [5.74, 6) is 0.649. The predicted octanol–water partition coefficient (Wildman–Crippen LogP) is 1.80. The highest BCUT2D eigenvalue weighted by Crippen LogP contribution is 2.40. The van der Waals surface area contributed by atoms with E-state index in [9.17, 15) is 5.11 Å². The van der Waals surface area contributed by atoms with Crippen LogP contribution in [0.3, 0.4) is 0 Å². The molecule has 0 aromatic heterocycles. The molecule has 2 aliphatic rings. The van der Waals surface area contributed by atoms with Crippen molar-refractivity contribution in [3.63, 3.8) is 0 Å². The van der Waals surface area contributed by atoms with Crippen molar-refractivity contribution in [3.8, 4) is 0 Å². The second kappa shape index (κ2) is 5.84. The fourth-order valence-electron chi connectivity index (χ4n) is 3.61. The van der Waals surface area contributed by atoms with Crippen molar-refractivity contribution in [1.29, 1.82) is 0 Å². The number of hydrogen-bond acceptors (Lipinski definition) is 3. The molecular formula is C17H26N2O. The highest BCUT2D eigenvalue weighted by molar-refractivity contribution is 5.28. The van der Waals surface area contributed by atoms with Crippen LogP contribution in [0.2, 0.25) is 0 Å². The quantitative estimate of drug-likeness (QED) is 0.859. The van der Waals surface area contributed by atoms with Gasteiger partial charge in [0, 0.05) is 13.1 Å². The van der Waals surface area contributed by atoms with E-state index in [1.165, 1.54) is 36.8 Å². The van der Waals surface area contributed by atoms with E-state index in [1.807, 2.05) is 7.05 Å². The zero-order valence-corrected chi connectivity index (χ0v) is 12.4. The minimum Gasteiger partial charge on any atom is -0.394 e. The van der Waals surface area contributed by atoms with Crippen LogP contribution in [0.25, 0.3) is 0 Å². The van der Waals surface area contributed by atoms with Gasteiger partial charge in [-0.1, -0.05) is 24.3 Å². The van der Waals surface area contributed by atoms with Crippen molar-refractivity contribution in [2.75, 3.05) is 26.7 Å². The summed E-state index contributed by atoms with van der Waals surface area (Å²) in [5.41, 5.74) is 2.86. The summed E-state index contributed by atoms with van der Waals surface area (Å²) >= 11 is 0. The molecule has 2 N–H and O–H groups in total. The lowest BCUT2D eigenvalue weighted by atomic mass is 9.93. The van der Waals surface area contributed by atoms with Gasteiger partial charge in [0.15, 0.2) is 0 Å². The van der Waals surface area contributed by atoms with Gasteiger partial charge in [-0.05, 0) is 56.3 Å². The van der Waals surface area contributed by atoms with Gasteiger partial charge >= 0.3 is 0 Å². The smallest absolute Gasteiger partial charge is 0.0628 e. The van der Waals surface area contributed by atoms with Gasteiger partial charge in [-0.3, -0.25) is 4.90 Å². The number of aliphatic hydroxyl groups is 1. The molecule has 1 aliphatic carbocycles. The fraction of sp³-hybridized carbons (Fsp3) is 0.647. The van der Waals surface area contributed by atoms with Gasteiger partial charge in [0.25, 0.3) is 0 Å².